The third-order valence-electron chi connectivity index (χ3n) is 1.64. The molecule has 0 amide bonds. The smallest absolute Gasteiger partial charge is 0.318 e. The van der Waals surface area contributed by atoms with Gasteiger partial charge >= 0.3 is 5.97 Å². The van der Waals surface area contributed by atoms with Gasteiger partial charge in [0, 0.05) is 3.57 Å². The third kappa shape index (κ3) is 4.61. The molecule has 1 aromatic rings. The summed E-state index contributed by atoms with van der Waals surface area (Å²) in [5.74, 6) is -2.37. The first-order valence-electron chi connectivity index (χ1n) is 4.06. The Balaban J connectivity index is 2.78. The van der Waals surface area contributed by atoms with Gasteiger partial charge in [-0.1, -0.05) is 12.1 Å². The number of hydrogen-bond acceptors (Lipinski definition) is 3. The lowest BCUT2D eigenvalue weighted by Gasteiger charge is -2.01. The molecule has 15 heavy (non-hydrogen) atoms. The Morgan fingerprint density at radius 1 is 1.27 bits per heavy atom. The first-order chi connectivity index (χ1) is 6.89. The Kier molecular flexibility index (Phi) is 4.09. The Labute approximate surface area is 101 Å². The van der Waals surface area contributed by atoms with Crippen molar-refractivity contribution >= 4 is 38.4 Å². The molecule has 0 bridgehead atoms. The van der Waals surface area contributed by atoms with E-state index in [0.29, 0.717) is 5.56 Å². The summed E-state index contributed by atoms with van der Waals surface area (Å²) >= 11 is 2.11. The second-order valence-electron chi connectivity index (χ2n) is 3.05. The molecule has 0 saturated heterocycles. The van der Waals surface area contributed by atoms with Gasteiger partial charge in [0.25, 0.3) is 0 Å². The van der Waals surface area contributed by atoms with Crippen LogP contribution >= 0.6 is 22.6 Å². The molecule has 1 aromatic carbocycles. The molecule has 1 rings (SSSR count). The lowest BCUT2D eigenvalue weighted by atomic mass is 10.2. The molecule has 0 aromatic heterocycles. The number of aliphatic carboxylic acids is 1. The Hall–Kier alpha value is -0.630. The number of rotatable bonds is 4. The van der Waals surface area contributed by atoms with Crippen molar-refractivity contribution in [2.45, 2.75) is 5.75 Å². The van der Waals surface area contributed by atoms with Crippen LogP contribution in [0.2, 0.25) is 0 Å². The highest BCUT2D eigenvalue weighted by molar-refractivity contribution is 14.1. The Morgan fingerprint density at radius 3 is 2.27 bits per heavy atom. The molecule has 4 nitrogen and oxygen atoms in total. The molecule has 1 N–H and O–H groups in total. The first-order valence-corrected chi connectivity index (χ1v) is 6.96. The minimum atomic E-state index is -3.55. The van der Waals surface area contributed by atoms with Crippen LogP contribution in [0.25, 0.3) is 0 Å². The molecule has 6 heteroatoms. The predicted molar refractivity (Wildman–Crippen MR) is 64.3 cm³/mol. The molecular formula is C9H9IO4S. The van der Waals surface area contributed by atoms with E-state index in [4.69, 9.17) is 5.11 Å². The largest absolute Gasteiger partial charge is 0.480 e. The van der Waals surface area contributed by atoms with Crippen molar-refractivity contribution in [3.8, 4) is 0 Å². The maximum absolute atomic E-state index is 11.3. The summed E-state index contributed by atoms with van der Waals surface area (Å²) in [7, 11) is -3.55. The summed E-state index contributed by atoms with van der Waals surface area (Å²) in [6.45, 7) is 0. The Morgan fingerprint density at radius 2 is 1.80 bits per heavy atom. The zero-order valence-electron chi connectivity index (χ0n) is 7.68. The molecular weight excluding hydrogens is 331 g/mol. The van der Waals surface area contributed by atoms with Crippen LogP contribution in [0.3, 0.4) is 0 Å². The van der Waals surface area contributed by atoms with E-state index in [9.17, 15) is 13.2 Å². The van der Waals surface area contributed by atoms with E-state index >= 15 is 0 Å². The fourth-order valence-corrected chi connectivity index (χ4v) is 2.61. The molecule has 0 radical (unpaired) electrons. The minimum absolute atomic E-state index is 0.226. The number of hydrogen-bond donors (Lipinski definition) is 1. The van der Waals surface area contributed by atoms with Crippen LogP contribution in [-0.4, -0.2) is 25.2 Å². The van der Waals surface area contributed by atoms with Crippen LogP contribution in [0.5, 0.6) is 0 Å². The van der Waals surface area contributed by atoms with Crippen LogP contribution in [0.1, 0.15) is 5.56 Å². The fourth-order valence-electron chi connectivity index (χ4n) is 1.07. The highest BCUT2D eigenvalue weighted by atomic mass is 127. The van der Waals surface area contributed by atoms with Gasteiger partial charge in [-0.2, -0.15) is 0 Å². The number of sulfone groups is 1. The van der Waals surface area contributed by atoms with Gasteiger partial charge in [-0.25, -0.2) is 8.42 Å². The molecule has 0 aliphatic rings. The number of carboxylic acids is 1. The second kappa shape index (κ2) is 4.93. The van der Waals surface area contributed by atoms with Crippen molar-refractivity contribution in [3.05, 3.63) is 33.4 Å². The third-order valence-corrected chi connectivity index (χ3v) is 3.82. The molecule has 0 aliphatic carbocycles. The van der Waals surface area contributed by atoms with Crippen LogP contribution < -0.4 is 0 Å². The molecule has 0 aliphatic heterocycles. The number of carboxylic acid groups (broad SMARTS) is 1. The summed E-state index contributed by atoms with van der Waals surface area (Å²) in [5, 5.41) is 8.39. The van der Waals surface area contributed by atoms with Crippen LogP contribution in [-0.2, 0) is 20.4 Å². The van der Waals surface area contributed by atoms with E-state index < -0.39 is 21.6 Å². The van der Waals surface area contributed by atoms with Gasteiger partial charge in [-0.15, -0.1) is 0 Å². The van der Waals surface area contributed by atoms with Crippen LogP contribution in [0, 0.1) is 3.57 Å². The quantitative estimate of drug-likeness (QED) is 0.839. The number of carbonyl (C=O) groups is 1. The summed E-state index contributed by atoms with van der Waals surface area (Å²) in [4.78, 5) is 10.3. The van der Waals surface area contributed by atoms with Gasteiger partial charge in [0.15, 0.2) is 9.84 Å². The van der Waals surface area contributed by atoms with Gasteiger partial charge in [-0.3, -0.25) is 4.79 Å². The highest BCUT2D eigenvalue weighted by Crippen LogP contribution is 2.10. The van der Waals surface area contributed by atoms with Gasteiger partial charge in [0.1, 0.15) is 5.75 Å². The zero-order chi connectivity index (χ0) is 11.5. The van der Waals surface area contributed by atoms with Gasteiger partial charge < -0.3 is 5.11 Å². The van der Waals surface area contributed by atoms with Crippen molar-refractivity contribution < 1.29 is 18.3 Å². The standard InChI is InChI=1S/C9H9IO4S/c10-8-3-1-7(2-4-8)5-15(13,14)6-9(11)12/h1-4H,5-6H2,(H,11,12). The van der Waals surface area contributed by atoms with E-state index in [-0.39, 0.29) is 5.75 Å². The second-order valence-corrected chi connectivity index (χ2v) is 6.36. The van der Waals surface area contributed by atoms with Crippen molar-refractivity contribution in [3.63, 3.8) is 0 Å². The van der Waals surface area contributed by atoms with Crippen LogP contribution in [0.4, 0.5) is 0 Å². The van der Waals surface area contributed by atoms with Crippen LogP contribution in [0.15, 0.2) is 24.3 Å². The molecule has 0 spiro atoms. The van der Waals surface area contributed by atoms with Gasteiger partial charge in [-0.05, 0) is 40.3 Å². The summed E-state index contributed by atoms with van der Waals surface area (Å²) in [6, 6.07) is 6.93. The molecule has 0 saturated carbocycles. The molecule has 0 unspecified atom stereocenters. The van der Waals surface area contributed by atoms with Gasteiger partial charge in [0.05, 0.1) is 5.75 Å². The molecule has 0 atom stereocenters. The van der Waals surface area contributed by atoms with Gasteiger partial charge in [0.2, 0.25) is 0 Å². The normalized spacial score (nSPS) is 11.3. The SMILES string of the molecule is O=C(O)CS(=O)(=O)Cc1ccc(I)cc1. The topological polar surface area (TPSA) is 71.4 Å². The Bertz CT molecular complexity index is 450. The van der Waals surface area contributed by atoms with E-state index in [1.165, 1.54) is 0 Å². The zero-order valence-corrected chi connectivity index (χ0v) is 10.7. The lowest BCUT2D eigenvalue weighted by Crippen LogP contribution is -2.16. The predicted octanol–water partition coefficient (Wildman–Crippen LogP) is 1.29. The van der Waals surface area contributed by atoms with Crippen molar-refractivity contribution in [1.29, 1.82) is 0 Å². The number of benzene rings is 1. The van der Waals surface area contributed by atoms with E-state index in [0.717, 1.165) is 3.57 Å². The van der Waals surface area contributed by atoms with Crippen molar-refractivity contribution in [2.24, 2.45) is 0 Å². The van der Waals surface area contributed by atoms with Crippen molar-refractivity contribution in [2.75, 3.05) is 5.75 Å². The molecule has 0 heterocycles. The van der Waals surface area contributed by atoms with E-state index in [1.807, 2.05) is 0 Å². The highest BCUT2D eigenvalue weighted by Gasteiger charge is 2.16. The molecule has 0 fully saturated rings. The first kappa shape index (κ1) is 12.4. The van der Waals surface area contributed by atoms with Crippen molar-refractivity contribution in [1.82, 2.24) is 0 Å². The average molecular weight is 340 g/mol. The average Bonchev–Trinajstić information content (AvgIpc) is 2.06. The summed E-state index contributed by atoms with van der Waals surface area (Å²) < 4.78 is 23.6. The monoisotopic (exact) mass is 340 g/mol. The van der Waals surface area contributed by atoms with E-state index in [1.54, 1.807) is 24.3 Å². The van der Waals surface area contributed by atoms with E-state index in [2.05, 4.69) is 22.6 Å². The minimum Gasteiger partial charge on any atom is -0.480 e. The maximum Gasteiger partial charge on any atom is 0.318 e. The lowest BCUT2D eigenvalue weighted by molar-refractivity contribution is -0.134. The maximum atomic E-state index is 11.3. The summed E-state index contributed by atoms with van der Waals surface area (Å²) in [6.07, 6.45) is 0. The number of halogens is 1. The fraction of sp³-hybridized carbons (Fsp3) is 0.222. The summed E-state index contributed by atoms with van der Waals surface area (Å²) in [5.41, 5.74) is 0.608. The molecule has 82 valence electrons.